The van der Waals surface area contributed by atoms with Gasteiger partial charge >= 0.3 is 0 Å². The highest BCUT2D eigenvalue weighted by Crippen LogP contribution is 2.55. The maximum Gasteiger partial charge on any atom is 0.0640 e. The average Bonchev–Trinajstić information content (AvgIpc) is 3.87. The Hall–Kier alpha value is -6.72. The molecule has 1 aliphatic carbocycles. The van der Waals surface area contributed by atoms with E-state index < -0.39 is 0 Å². The van der Waals surface area contributed by atoms with Gasteiger partial charge in [0.25, 0.3) is 0 Å². The fourth-order valence-corrected chi connectivity index (χ4v) is 11.7. The predicted octanol–water partition coefficient (Wildman–Crippen LogP) is 16.6. The van der Waals surface area contributed by atoms with Gasteiger partial charge in [0.15, 0.2) is 0 Å². The lowest BCUT2D eigenvalue weighted by Crippen LogP contribution is -2.15. The summed E-state index contributed by atoms with van der Waals surface area (Å²) in [6, 6.07) is 67.4. The van der Waals surface area contributed by atoms with E-state index in [2.05, 4.69) is 204 Å². The van der Waals surface area contributed by atoms with Crippen molar-refractivity contribution in [1.29, 1.82) is 0 Å². The molecule has 2 nitrogen and oxygen atoms in total. The SMILES string of the molecule is C1=Cc2cc3c(N(c4ccccc4)c4cccc5c4sc4ccccc45)c4ccccc4c(N(c4ccccc4)c4cccc5c4sc4ccccc45)c3cc2CC1. The summed E-state index contributed by atoms with van der Waals surface area (Å²) in [7, 11) is 0. The second-order valence-corrected chi connectivity index (χ2v) is 17.2. The van der Waals surface area contributed by atoms with Gasteiger partial charge < -0.3 is 9.80 Å². The van der Waals surface area contributed by atoms with Crippen LogP contribution in [0.15, 0.2) is 188 Å². The Kier molecular flexibility index (Phi) is 7.75. The van der Waals surface area contributed by atoms with Crippen molar-refractivity contribution in [1.82, 2.24) is 0 Å². The minimum absolute atomic E-state index is 1.02. The lowest BCUT2D eigenvalue weighted by molar-refractivity contribution is 0.989. The summed E-state index contributed by atoms with van der Waals surface area (Å²) in [6.07, 6.45) is 6.73. The summed E-state index contributed by atoms with van der Waals surface area (Å²) in [5.41, 5.74) is 9.74. The number of rotatable bonds is 6. The maximum atomic E-state index is 2.55. The van der Waals surface area contributed by atoms with Crippen molar-refractivity contribution in [3.8, 4) is 0 Å². The molecule has 0 spiro atoms. The van der Waals surface area contributed by atoms with Crippen molar-refractivity contribution in [2.24, 2.45) is 0 Å². The van der Waals surface area contributed by atoms with Crippen molar-refractivity contribution < 1.29 is 0 Å². The van der Waals surface area contributed by atoms with E-state index in [0.29, 0.717) is 0 Å². The molecule has 11 aromatic rings. The highest BCUT2D eigenvalue weighted by atomic mass is 32.1. The van der Waals surface area contributed by atoms with Crippen LogP contribution in [0, 0.1) is 0 Å². The Bertz CT molecular complexity index is 3410. The third-order valence-electron chi connectivity index (χ3n) is 11.8. The van der Waals surface area contributed by atoms with Gasteiger partial charge in [-0.1, -0.05) is 133 Å². The number of hydrogen-bond acceptors (Lipinski definition) is 4. The molecule has 58 heavy (non-hydrogen) atoms. The summed E-state index contributed by atoms with van der Waals surface area (Å²) < 4.78 is 5.18. The van der Waals surface area contributed by atoms with Crippen molar-refractivity contribution in [2.45, 2.75) is 12.8 Å². The first-order valence-electron chi connectivity index (χ1n) is 20.0. The number of anilines is 6. The van der Waals surface area contributed by atoms with E-state index in [0.717, 1.165) is 24.2 Å². The zero-order valence-electron chi connectivity index (χ0n) is 31.6. The van der Waals surface area contributed by atoms with Crippen LogP contribution in [0.2, 0.25) is 0 Å². The van der Waals surface area contributed by atoms with Gasteiger partial charge in [-0.15, -0.1) is 22.7 Å². The quantitative estimate of drug-likeness (QED) is 0.123. The van der Waals surface area contributed by atoms with Crippen LogP contribution in [0.5, 0.6) is 0 Å². The van der Waals surface area contributed by atoms with E-state index >= 15 is 0 Å². The van der Waals surface area contributed by atoms with Gasteiger partial charge in [0.1, 0.15) is 0 Å². The Morgan fingerprint density at radius 1 is 0.379 bits per heavy atom. The largest absolute Gasteiger partial charge is 0.308 e. The highest BCUT2D eigenvalue weighted by Gasteiger charge is 2.28. The Labute approximate surface area is 344 Å². The van der Waals surface area contributed by atoms with E-state index in [9.17, 15) is 0 Å². The molecule has 0 unspecified atom stereocenters. The average molecular weight is 777 g/mol. The molecule has 274 valence electrons. The molecule has 0 aliphatic heterocycles. The van der Waals surface area contributed by atoms with Gasteiger partial charge in [0.2, 0.25) is 0 Å². The van der Waals surface area contributed by atoms with Crippen molar-refractivity contribution in [3.63, 3.8) is 0 Å². The molecular weight excluding hydrogens is 741 g/mol. The standard InChI is InChI=1S/C54H36N2S2/c1-3-19-37(20-4-1)55(47-29-15-27-43-39-23-11-13-31-49(39)57-53(43)47)51-41-25-9-10-26-42(41)52(46-34-36-18-8-7-17-35(36)33-45(46)51)56(38-21-5-2-6-22-38)48-30-16-28-44-40-24-12-14-32-50(40)58-54(44)48/h1-7,9-17,19-34H,8,18H2. The smallest absolute Gasteiger partial charge is 0.0640 e. The first-order valence-corrected chi connectivity index (χ1v) is 21.6. The maximum absolute atomic E-state index is 2.55. The van der Waals surface area contributed by atoms with Gasteiger partial charge in [-0.25, -0.2) is 0 Å². The Morgan fingerprint density at radius 3 is 1.36 bits per heavy atom. The van der Waals surface area contributed by atoms with E-state index in [-0.39, 0.29) is 0 Å². The molecule has 9 aromatic carbocycles. The molecule has 12 rings (SSSR count). The minimum atomic E-state index is 1.02. The van der Waals surface area contributed by atoms with E-state index in [4.69, 9.17) is 0 Å². The first kappa shape index (κ1) is 33.4. The van der Waals surface area contributed by atoms with Crippen LogP contribution in [0.3, 0.4) is 0 Å². The second-order valence-electron chi connectivity index (χ2n) is 15.1. The van der Waals surface area contributed by atoms with E-state index in [1.54, 1.807) is 0 Å². The molecule has 0 bridgehead atoms. The van der Waals surface area contributed by atoms with Gasteiger partial charge in [0, 0.05) is 63.9 Å². The van der Waals surface area contributed by atoms with E-state index in [1.165, 1.54) is 95.8 Å². The number of nitrogens with zero attached hydrogens (tertiary/aromatic N) is 2. The second kappa shape index (κ2) is 13.5. The predicted molar refractivity (Wildman–Crippen MR) is 254 cm³/mol. The van der Waals surface area contributed by atoms with Crippen LogP contribution < -0.4 is 9.80 Å². The third kappa shape index (κ3) is 5.15. The highest BCUT2D eigenvalue weighted by molar-refractivity contribution is 7.26. The number of hydrogen-bond donors (Lipinski definition) is 0. The van der Waals surface area contributed by atoms with Crippen molar-refractivity contribution in [3.05, 3.63) is 199 Å². The normalized spacial score (nSPS) is 12.6. The molecule has 2 aromatic heterocycles. The summed E-state index contributed by atoms with van der Waals surface area (Å²) >= 11 is 3.77. The fourth-order valence-electron chi connectivity index (χ4n) is 9.29. The van der Waals surface area contributed by atoms with Crippen molar-refractivity contribution >= 4 is 125 Å². The third-order valence-corrected chi connectivity index (χ3v) is 14.2. The molecule has 0 fully saturated rings. The number of fused-ring (bicyclic) bond motifs is 9. The number of thiophene rings is 2. The zero-order valence-corrected chi connectivity index (χ0v) is 33.2. The summed E-state index contributed by atoms with van der Waals surface area (Å²) in [5.74, 6) is 0. The van der Waals surface area contributed by atoms with E-state index in [1.807, 2.05) is 22.7 Å². The molecule has 4 heteroatoms. The van der Waals surface area contributed by atoms with Crippen LogP contribution in [0.25, 0.3) is 68.0 Å². The molecule has 0 N–H and O–H groups in total. The first-order chi connectivity index (χ1) is 28.8. The fraction of sp³-hybridized carbons (Fsp3) is 0.0370. The molecule has 0 atom stereocenters. The summed E-state index contributed by atoms with van der Waals surface area (Å²) in [4.78, 5) is 5.10. The molecular formula is C54H36N2S2. The molecule has 0 amide bonds. The lowest BCUT2D eigenvalue weighted by atomic mass is 9.89. The van der Waals surface area contributed by atoms with Gasteiger partial charge in [-0.3, -0.25) is 0 Å². The summed E-state index contributed by atoms with van der Waals surface area (Å²) in [6.45, 7) is 0. The van der Waals surface area contributed by atoms with Gasteiger partial charge in [-0.2, -0.15) is 0 Å². The van der Waals surface area contributed by atoms with Crippen LogP contribution in [0.1, 0.15) is 17.5 Å². The van der Waals surface area contributed by atoms with Crippen LogP contribution >= 0.6 is 22.7 Å². The monoisotopic (exact) mass is 776 g/mol. The Balaban J connectivity index is 1.25. The molecule has 0 saturated carbocycles. The molecule has 2 heterocycles. The minimum Gasteiger partial charge on any atom is -0.308 e. The van der Waals surface area contributed by atoms with Gasteiger partial charge in [-0.05, 0) is 84.6 Å². The lowest BCUT2D eigenvalue weighted by Gasteiger charge is -2.33. The van der Waals surface area contributed by atoms with Crippen molar-refractivity contribution in [2.75, 3.05) is 9.80 Å². The molecule has 1 aliphatic rings. The van der Waals surface area contributed by atoms with Crippen LogP contribution in [-0.4, -0.2) is 0 Å². The molecule has 0 saturated heterocycles. The van der Waals surface area contributed by atoms with Crippen LogP contribution in [-0.2, 0) is 6.42 Å². The number of allylic oxidation sites excluding steroid dienone is 1. The summed E-state index contributed by atoms with van der Waals surface area (Å²) in [5, 5.41) is 10.1. The zero-order chi connectivity index (χ0) is 38.2. The van der Waals surface area contributed by atoms with Crippen LogP contribution in [0.4, 0.5) is 34.1 Å². The Morgan fingerprint density at radius 2 is 0.828 bits per heavy atom. The number of para-hydroxylation sites is 2. The van der Waals surface area contributed by atoms with Gasteiger partial charge in [0.05, 0.1) is 32.1 Å². The topological polar surface area (TPSA) is 6.48 Å². The number of aryl methyl sites for hydroxylation is 1. The number of benzene rings is 9. The molecule has 0 radical (unpaired) electrons.